The van der Waals surface area contributed by atoms with Gasteiger partial charge in [0.2, 0.25) is 0 Å². The molecule has 3 aromatic rings. The summed E-state index contributed by atoms with van der Waals surface area (Å²) in [6.07, 6.45) is 2.95. The van der Waals surface area contributed by atoms with Crippen molar-refractivity contribution >= 4 is 15.5 Å². The van der Waals surface area contributed by atoms with E-state index in [1.165, 1.54) is 6.26 Å². The second kappa shape index (κ2) is 7.17. The van der Waals surface area contributed by atoms with E-state index in [4.69, 9.17) is 4.74 Å². The summed E-state index contributed by atoms with van der Waals surface area (Å²) in [4.78, 5) is 2.59. The summed E-state index contributed by atoms with van der Waals surface area (Å²) >= 11 is 0. The predicted octanol–water partition coefficient (Wildman–Crippen LogP) is 2.78. The molecule has 1 aromatic heterocycles. The standard InChI is InChI=1S/C20H21N3O3S/c1-27(24,25)17-6-4-5-16(15-17)18-9-10-21-23(18)20-8-3-2-7-19(20)22-11-13-26-14-12-22/h2-10,15H,11-14H2,1H3. The summed E-state index contributed by atoms with van der Waals surface area (Å²) < 4.78 is 31.2. The second-order valence-corrected chi connectivity index (χ2v) is 8.53. The minimum absolute atomic E-state index is 0.300. The van der Waals surface area contributed by atoms with Gasteiger partial charge in [0.15, 0.2) is 9.84 Å². The SMILES string of the molecule is CS(=O)(=O)c1cccc(-c2ccnn2-c2ccccc2N2CCOCC2)c1. The van der Waals surface area contributed by atoms with Crippen LogP contribution in [0.4, 0.5) is 5.69 Å². The fourth-order valence-corrected chi connectivity index (χ4v) is 3.98. The third-order valence-electron chi connectivity index (χ3n) is 4.66. The Kier molecular flexibility index (Phi) is 4.72. The fraction of sp³-hybridized carbons (Fsp3) is 0.250. The maximum absolute atomic E-state index is 11.9. The summed E-state index contributed by atoms with van der Waals surface area (Å²) in [5, 5.41) is 4.52. The van der Waals surface area contributed by atoms with Crippen molar-refractivity contribution < 1.29 is 13.2 Å². The van der Waals surface area contributed by atoms with Crippen molar-refractivity contribution in [3.05, 3.63) is 60.8 Å². The van der Waals surface area contributed by atoms with Gasteiger partial charge in [0, 0.05) is 24.9 Å². The van der Waals surface area contributed by atoms with E-state index in [0.717, 1.165) is 35.7 Å². The van der Waals surface area contributed by atoms with E-state index >= 15 is 0 Å². The number of ether oxygens (including phenoxy) is 1. The van der Waals surface area contributed by atoms with E-state index < -0.39 is 9.84 Å². The first-order chi connectivity index (χ1) is 13.0. The number of benzene rings is 2. The van der Waals surface area contributed by atoms with Crippen LogP contribution in [-0.4, -0.2) is 50.8 Å². The summed E-state index contributed by atoms with van der Waals surface area (Å²) in [6.45, 7) is 3.07. The van der Waals surface area contributed by atoms with Gasteiger partial charge in [0.25, 0.3) is 0 Å². The smallest absolute Gasteiger partial charge is 0.175 e. The lowest BCUT2D eigenvalue weighted by molar-refractivity contribution is 0.122. The molecular formula is C20H21N3O3S. The average molecular weight is 383 g/mol. The zero-order valence-electron chi connectivity index (χ0n) is 15.1. The largest absolute Gasteiger partial charge is 0.378 e. The lowest BCUT2D eigenvalue weighted by atomic mass is 10.1. The van der Waals surface area contributed by atoms with E-state index in [0.29, 0.717) is 18.1 Å². The summed E-state index contributed by atoms with van der Waals surface area (Å²) in [6, 6.07) is 17.0. The highest BCUT2D eigenvalue weighted by Gasteiger charge is 2.18. The average Bonchev–Trinajstić information content (AvgIpc) is 3.18. The third-order valence-corrected chi connectivity index (χ3v) is 5.77. The molecule has 1 saturated heterocycles. The molecule has 1 aliphatic heterocycles. The van der Waals surface area contributed by atoms with Crippen LogP contribution >= 0.6 is 0 Å². The molecule has 2 aromatic carbocycles. The highest BCUT2D eigenvalue weighted by molar-refractivity contribution is 7.90. The Morgan fingerprint density at radius 1 is 0.963 bits per heavy atom. The number of aromatic nitrogens is 2. The molecule has 1 aliphatic rings. The van der Waals surface area contributed by atoms with Gasteiger partial charge in [0.1, 0.15) is 0 Å². The summed E-state index contributed by atoms with van der Waals surface area (Å²) in [7, 11) is -3.27. The van der Waals surface area contributed by atoms with Gasteiger partial charge in [-0.25, -0.2) is 13.1 Å². The van der Waals surface area contributed by atoms with E-state index in [1.54, 1.807) is 24.4 Å². The van der Waals surface area contributed by atoms with E-state index in [2.05, 4.69) is 16.1 Å². The predicted molar refractivity (Wildman–Crippen MR) is 105 cm³/mol. The van der Waals surface area contributed by atoms with Gasteiger partial charge in [0.05, 0.1) is 41.4 Å². The van der Waals surface area contributed by atoms with Crippen LogP contribution in [0.1, 0.15) is 0 Å². The van der Waals surface area contributed by atoms with Gasteiger partial charge in [-0.05, 0) is 30.3 Å². The van der Waals surface area contributed by atoms with Crippen molar-refractivity contribution in [2.75, 3.05) is 37.5 Å². The maximum atomic E-state index is 11.9. The van der Waals surface area contributed by atoms with E-state index in [1.807, 2.05) is 35.0 Å². The van der Waals surface area contributed by atoms with Crippen molar-refractivity contribution in [1.82, 2.24) is 9.78 Å². The molecule has 0 aliphatic carbocycles. The van der Waals surface area contributed by atoms with E-state index in [9.17, 15) is 8.42 Å². The van der Waals surface area contributed by atoms with Crippen LogP contribution in [-0.2, 0) is 14.6 Å². The second-order valence-electron chi connectivity index (χ2n) is 6.52. The molecule has 0 N–H and O–H groups in total. The minimum atomic E-state index is -3.27. The van der Waals surface area contributed by atoms with Crippen LogP contribution in [0.2, 0.25) is 0 Å². The third kappa shape index (κ3) is 3.61. The Labute approximate surface area is 158 Å². The number of para-hydroxylation sites is 2. The molecule has 2 heterocycles. The van der Waals surface area contributed by atoms with Gasteiger partial charge >= 0.3 is 0 Å². The van der Waals surface area contributed by atoms with Crippen LogP contribution in [0.15, 0.2) is 65.7 Å². The maximum Gasteiger partial charge on any atom is 0.175 e. The summed E-state index contributed by atoms with van der Waals surface area (Å²) in [5.41, 5.74) is 3.71. The van der Waals surface area contributed by atoms with Gasteiger partial charge in [-0.15, -0.1) is 0 Å². The number of morpholine rings is 1. The monoisotopic (exact) mass is 383 g/mol. The summed E-state index contributed by atoms with van der Waals surface area (Å²) in [5.74, 6) is 0. The van der Waals surface area contributed by atoms with Crippen molar-refractivity contribution in [2.45, 2.75) is 4.90 Å². The molecule has 0 saturated carbocycles. The zero-order valence-corrected chi connectivity index (χ0v) is 15.9. The molecular weight excluding hydrogens is 362 g/mol. The number of hydrogen-bond acceptors (Lipinski definition) is 5. The highest BCUT2D eigenvalue weighted by atomic mass is 32.2. The molecule has 0 atom stereocenters. The van der Waals surface area contributed by atoms with Crippen LogP contribution in [0.25, 0.3) is 16.9 Å². The molecule has 6 nitrogen and oxygen atoms in total. The van der Waals surface area contributed by atoms with Crippen molar-refractivity contribution in [3.63, 3.8) is 0 Å². The van der Waals surface area contributed by atoms with Crippen LogP contribution < -0.4 is 4.90 Å². The van der Waals surface area contributed by atoms with Crippen LogP contribution in [0, 0.1) is 0 Å². The Balaban J connectivity index is 1.80. The van der Waals surface area contributed by atoms with Crippen molar-refractivity contribution in [3.8, 4) is 16.9 Å². The highest BCUT2D eigenvalue weighted by Crippen LogP contribution is 2.30. The Bertz CT molecular complexity index is 1050. The topological polar surface area (TPSA) is 64.4 Å². The van der Waals surface area contributed by atoms with Crippen molar-refractivity contribution in [1.29, 1.82) is 0 Å². The zero-order chi connectivity index (χ0) is 18.9. The lowest BCUT2D eigenvalue weighted by Crippen LogP contribution is -2.36. The number of rotatable bonds is 4. The lowest BCUT2D eigenvalue weighted by Gasteiger charge is -2.30. The van der Waals surface area contributed by atoms with Gasteiger partial charge in [-0.2, -0.15) is 5.10 Å². The van der Waals surface area contributed by atoms with Gasteiger partial charge in [-0.3, -0.25) is 0 Å². The first-order valence-corrected chi connectivity index (χ1v) is 10.7. The molecule has 27 heavy (non-hydrogen) atoms. The molecule has 0 spiro atoms. The molecule has 4 rings (SSSR count). The van der Waals surface area contributed by atoms with Gasteiger partial charge in [-0.1, -0.05) is 24.3 Å². The molecule has 1 fully saturated rings. The number of nitrogens with zero attached hydrogens (tertiary/aromatic N) is 3. The normalized spacial score (nSPS) is 15.1. The molecule has 7 heteroatoms. The van der Waals surface area contributed by atoms with E-state index in [-0.39, 0.29) is 0 Å². The number of hydrogen-bond donors (Lipinski definition) is 0. The fourth-order valence-electron chi connectivity index (χ4n) is 3.31. The Hall–Kier alpha value is -2.64. The minimum Gasteiger partial charge on any atom is -0.378 e. The number of sulfone groups is 1. The molecule has 0 radical (unpaired) electrons. The Morgan fingerprint density at radius 3 is 2.44 bits per heavy atom. The Morgan fingerprint density at radius 2 is 1.70 bits per heavy atom. The van der Waals surface area contributed by atoms with Crippen molar-refractivity contribution in [2.24, 2.45) is 0 Å². The quantitative estimate of drug-likeness (QED) is 0.693. The molecule has 140 valence electrons. The first kappa shape index (κ1) is 17.8. The first-order valence-electron chi connectivity index (χ1n) is 8.81. The van der Waals surface area contributed by atoms with Gasteiger partial charge < -0.3 is 9.64 Å². The molecule has 0 unspecified atom stereocenters. The molecule has 0 bridgehead atoms. The molecule has 0 amide bonds. The number of anilines is 1. The van der Waals surface area contributed by atoms with Crippen LogP contribution in [0.5, 0.6) is 0 Å². The van der Waals surface area contributed by atoms with Crippen LogP contribution in [0.3, 0.4) is 0 Å².